The maximum atomic E-state index is 13.3. The number of fused-ring (bicyclic) bond motifs is 1. The normalized spacial score (nSPS) is 11.2. The van der Waals surface area contributed by atoms with Crippen molar-refractivity contribution in [1.82, 2.24) is 9.55 Å². The molecule has 0 bridgehead atoms. The number of aromatic nitrogens is 2. The van der Waals surface area contributed by atoms with Gasteiger partial charge in [0.1, 0.15) is 12.4 Å². The number of benzene rings is 2. The van der Waals surface area contributed by atoms with Crippen LogP contribution < -0.4 is 0 Å². The zero-order valence-corrected chi connectivity index (χ0v) is 10.6. The Balaban J connectivity index is 2.07. The lowest BCUT2D eigenvalue weighted by Gasteiger charge is -2.08. The standard InChI is InChI=1S/C15H12F2N2O/c16-11-6-5-10(7-12(11)17)8-19-14-4-2-1-3-13(14)18-15(19)9-20/h1-7,20H,8-9H2. The molecular formula is C15H12F2N2O. The maximum Gasteiger partial charge on any atom is 0.159 e. The topological polar surface area (TPSA) is 38.1 Å². The molecule has 20 heavy (non-hydrogen) atoms. The van der Waals surface area contributed by atoms with Crippen molar-refractivity contribution in [3.63, 3.8) is 0 Å². The van der Waals surface area contributed by atoms with Crippen molar-refractivity contribution in [1.29, 1.82) is 0 Å². The van der Waals surface area contributed by atoms with E-state index in [1.807, 2.05) is 24.3 Å². The van der Waals surface area contributed by atoms with Crippen LogP contribution in [-0.2, 0) is 13.2 Å². The Morgan fingerprint density at radius 2 is 1.85 bits per heavy atom. The molecule has 1 heterocycles. The van der Waals surface area contributed by atoms with Gasteiger partial charge in [0.2, 0.25) is 0 Å². The lowest BCUT2D eigenvalue weighted by atomic mass is 10.2. The first kappa shape index (κ1) is 12.7. The first-order chi connectivity index (χ1) is 9.69. The van der Waals surface area contributed by atoms with Crippen LogP contribution in [0.5, 0.6) is 0 Å². The highest BCUT2D eigenvalue weighted by molar-refractivity contribution is 5.76. The highest BCUT2D eigenvalue weighted by Gasteiger charge is 2.11. The third-order valence-corrected chi connectivity index (χ3v) is 3.20. The van der Waals surface area contributed by atoms with Crippen molar-refractivity contribution in [2.45, 2.75) is 13.2 Å². The molecule has 0 unspecified atom stereocenters. The van der Waals surface area contributed by atoms with E-state index < -0.39 is 11.6 Å². The molecule has 3 rings (SSSR count). The number of hydrogen-bond acceptors (Lipinski definition) is 2. The van der Waals surface area contributed by atoms with Crippen molar-refractivity contribution < 1.29 is 13.9 Å². The molecule has 0 aliphatic heterocycles. The van der Waals surface area contributed by atoms with Crippen molar-refractivity contribution in [3.8, 4) is 0 Å². The van der Waals surface area contributed by atoms with Gasteiger partial charge >= 0.3 is 0 Å². The number of aliphatic hydroxyl groups is 1. The SMILES string of the molecule is OCc1nc2ccccc2n1Cc1ccc(F)c(F)c1. The quantitative estimate of drug-likeness (QED) is 0.797. The Kier molecular flexibility index (Phi) is 3.20. The molecule has 0 spiro atoms. The number of rotatable bonds is 3. The number of aliphatic hydroxyl groups excluding tert-OH is 1. The second-order valence-corrected chi connectivity index (χ2v) is 4.51. The van der Waals surface area contributed by atoms with E-state index >= 15 is 0 Å². The van der Waals surface area contributed by atoms with Gasteiger partial charge in [-0.05, 0) is 29.8 Å². The average Bonchev–Trinajstić information content (AvgIpc) is 2.81. The molecule has 0 aliphatic rings. The Morgan fingerprint density at radius 1 is 1.05 bits per heavy atom. The van der Waals surface area contributed by atoms with Gasteiger partial charge in [0.15, 0.2) is 11.6 Å². The highest BCUT2D eigenvalue weighted by atomic mass is 19.2. The molecule has 2 aromatic carbocycles. The average molecular weight is 274 g/mol. The van der Waals surface area contributed by atoms with Crippen molar-refractivity contribution in [3.05, 3.63) is 65.5 Å². The summed E-state index contributed by atoms with van der Waals surface area (Å²) >= 11 is 0. The maximum absolute atomic E-state index is 13.3. The molecular weight excluding hydrogens is 262 g/mol. The Morgan fingerprint density at radius 3 is 2.60 bits per heavy atom. The molecule has 0 amide bonds. The van der Waals surface area contributed by atoms with Crippen LogP contribution in [-0.4, -0.2) is 14.7 Å². The number of hydrogen-bond donors (Lipinski definition) is 1. The van der Waals surface area contributed by atoms with Gasteiger partial charge in [-0.2, -0.15) is 0 Å². The first-order valence-electron chi connectivity index (χ1n) is 6.18. The molecule has 0 radical (unpaired) electrons. The largest absolute Gasteiger partial charge is 0.388 e. The molecule has 0 aliphatic carbocycles. The number of halogens is 2. The number of nitrogens with zero attached hydrogens (tertiary/aromatic N) is 2. The predicted octanol–water partition coefficient (Wildman–Crippen LogP) is 2.86. The van der Waals surface area contributed by atoms with Gasteiger partial charge in [-0.25, -0.2) is 13.8 Å². The summed E-state index contributed by atoms with van der Waals surface area (Å²) in [6.45, 7) is 0.117. The number of imidazole rings is 1. The minimum absolute atomic E-state index is 0.210. The van der Waals surface area contributed by atoms with Gasteiger partial charge in [-0.3, -0.25) is 0 Å². The zero-order chi connectivity index (χ0) is 14.1. The van der Waals surface area contributed by atoms with Gasteiger partial charge in [0.05, 0.1) is 11.0 Å². The van der Waals surface area contributed by atoms with E-state index in [0.717, 1.165) is 23.2 Å². The molecule has 102 valence electrons. The van der Waals surface area contributed by atoms with E-state index in [9.17, 15) is 13.9 Å². The van der Waals surface area contributed by atoms with Gasteiger partial charge < -0.3 is 9.67 Å². The van der Waals surface area contributed by atoms with Gasteiger partial charge in [-0.1, -0.05) is 18.2 Å². The fourth-order valence-corrected chi connectivity index (χ4v) is 2.24. The Hall–Kier alpha value is -2.27. The molecule has 0 atom stereocenters. The molecule has 0 saturated heterocycles. The van der Waals surface area contributed by atoms with Gasteiger partial charge in [-0.15, -0.1) is 0 Å². The van der Waals surface area contributed by atoms with E-state index in [2.05, 4.69) is 4.98 Å². The van der Waals surface area contributed by atoms with Crippen LogP contribution in [0.1, 0.15) is 11.4 Å². The highest BCUT2D eigenvalue weighted by Crippen LogP contribution is 2.19. The van der Waals surface area contributed by atoms with Crippen molar-refractivity contribution in [2.24, 2.45) is 0 Å². The summed E-state index contributed by atoms with van der Waals surface area (Å²) in [7, 11) is 0. The molecule has 3 aromatic rings. The van der Waals surface area contributed by atoms with Crippen LogP contribution in [0.4, 0.5) is 8.78 Å². The van der Waals surface area contributed by atoms with Crippen LogP contribution in [0.3, 0.4) is 0 Å². The minimum Gasteiger partial charge on any atom is -0.388 e. The van der Waals surface area contributed by atoms with Crippen LogP contribution >= 0.6 is 0 Å². The predicted molar refractivity (Wildman–Crippen MR) is 71.1 cm³/mol. The summed E-state index contributed by atoms with van der Waals surface area (Å²) in [5.74, 6) is -1.25. The van der Waals surface area contributed by atoms with E-state index in [-0.39, 0.29) is 6.61 Å². The monoisotopic (exact) mass is 274 g/mol. The fourth-order valence-electron chi connectivity index (χ4n) is 2.24. The summed E-state index contributed by atoms with van der Waals surface area (Å²) in [6, 6.07) is 11.2. The van der Waals surface area contributed by atoms with E-state index in [1.54, 1.807) is 4.57 Å². The summed E-state index contributed by atoms with van der Waals surface area (Å²) in [5.41, 5.74) is 2.22. The lowest BCUT2D eigenvalue weighted by Crippen LogP contribution is -2.05. The Labute approximate surface area is 114 Å². The van der Waals surface area contributed by atoms with E-state index in [4.69, 9.17) is 0 Å². The van der Waals surface area contributed by atoms with Crippen molar-refractivity contribution >= 4 is 11.0 Å². The first-order valence-corrected chi connectivity index (χ1v) is 6.18. The smallest absolute Gasteiger partial charge is 0.159 e. The molecule has 0 fully saturated rings. The lowest BCUT2D eigenvalue weighted by molar-refractivity contribution is 0.267. The third-order valence-electron chi connectivity index (χ3n) is 3.20. The Bertz CT molecular complexity index is 768. The summed E-state index contributed by atoms with van der Waals surface area (Å²) in [6.07, 6.45) is 0. The molecule has 0 saturated carbocycles. The summed E-state index contributed by atoms with van der Waals surface area (Å²) in [4.78, 5) is 4.31. The van der Waals surface area contributed by atoms with Crippen LogP contribution in [0.25, 0.3) is 11.0 Å². The van der Waals surface area contributed by atoms with Gasteiger partial charge in [0.25, 0.3) is 0 Å². The third kappa shape index (κ3) is 2.16. The molecule has 3 nitrogen and oxygen atoms in total. The number of para-hydroxylation sites is 2. The summed E-state index contributed by atoms with van der Waals surface area (Å²) in [5, 5.41) is 9.38. The fraction of sp³-hybridized carbons (Fsp3) is 0.133. The van der Waals surface area contributed by atoms with Gasteiger partial charge in [0, 0.05) is 6.54 Å². The van der Waals surface area contributed by atoms with E-state index in [1.165, 1.54) is 6.07 Å². The molecule has 1 N–H and O–H groups in total. The van der Waals surface area contributed by atoms with E-state index in [0.29, 0.717) is 17.9 Å². The molecule has 5 heteroatoms. The minimum atomic E-state index is -0.877. The van der Waals surface area contributed by atoms with Crippen LogP contribution in [0.15, 0.2) is 42.5 Å². The second-order valence-electron chi connectivity index (χ2n) is 4.51. The second kappa shape index (κ2) is 5.02. The summed E-state index contributed by atoms with van der Waals surface area (Å²) < 4.78 is 28.0. The molecule has 1 aromatic heterocycles. The van der Waals surface area contributed by atoms with Crippen LogP contribution in [0, 0.1) is 11.6 Å². The van der Waals surface area contributed by atoms with Crippen LogP contribution in [0.2, 0.25) is 0 Å². The zero-order valence-electron chi connectivity index (χ0n) is 10.6. The van der Waals surface area contributed by atoms with Crippen molar-refractivity contribution in [2.75, 3.05) is 0 Å².